The van der Waals surface area contributed by atoms with Crippen LogP contribution in [0, 0.1) is 0 Å². The fraction of sp³-hybridized carbons (Fsp3) is 0.450. The van der Waals surface area contributed by atoms with E-state index < -0.39 is 47.8 Å². The van der Waals surface area contributed by atoms with Crippen LogP contribution in [0.4, 0.5) is 30.0 Å². The minimum atomic E-state index is -0.697. The third kappa shape index (κ3) is 46.7. The highest BCUT2D eigenvalue weighted by atomic mass is 32.1. The zero-order valence-electron chi connectivity index (χ0n) is 86.4. The number of nitrogen functional groups attached to an aromatic ring is 4. The van der Waals surface area contributed by atoms with Crippen LogP contribution in [0.5, 0.6) is 0 Å². The molecule has 0 spiro atoms. The van der Waals surface area contributed by atoms with Crippen LogP contribution in [-0.2, 0) is 47.5 Å². The van der Waals surface area contributed by atoms with Crippen LogP contribution in [0.3, 0.4) is 0 Å². The largest absolute Gasteiger partial charge is 0.462 e. The number of unbranched alkanes of at least 4 members (excludes halogenated alkanes) is 28. The van der Waals surface area contributed by atoms with Crippen molar-refractivity contribution in [2.45, 2.75) is 267 Å². The van der Waals surface area contributed by atoms with Gasteiger partial charge in [-0.05, 0) is 126 Å². The predicted molar refractivity (Wildman–Crippen MR) is 605 cm³/mol. The number of rotatable bonds is 64. The van der Waals surface area contributed by atoms with Gasteiger partial charge in [0.15, 0.2) is 50.3 Å². The van der Waals surface area contributed by atoms with E-state index in [-0.39, 0.29) is 121 Å². The molecule has 0 fully saturated rings. The van der Waals surface area contributed by atoms with E-state index in [0.29, 0.717) is 73.4 Å². The van der Waals surface area contributed by atoms with Crippen molar-refractivity contribution >= 4 is 255 Å². The standard InChI is InChI=1S/C38H50N2O6S3.C26H46N2O4S.C23H20N2O6S2.C10H14N2O4S.2C6H4O2S/c1-3-5-7-9-11-13-15-17-23-45-37(43)33-34(38(44)46-24-18-16-14-12-10-8-6-4-2)36(40-26-30-20-22-32(28-42)48-30)49-35(33)39-25-29-19-21-31(27-41)47-29;1-3-5-7-9-11-13-15-17-19-31-25(29)21-22(24(28)33-23(21)27)26(30)32-20-18-16-14-12-10-8-6-4-2;1-3-30-22(28)20-18(24-10-14-5-7-16(12-26)32-14)9-19(21(20)23(29)31-4-2)25-11-15-6-8-17(13-27)33-15;1-3-15-9(13)5-6(10(14)16-4-2)8(12)17-7(5)11;2*7-3-5-1-2-6(4-8)9-5/h19-22,25-28H,3-18,23-24H2,1-2H3;3-20,27-28H2,1-2H3;5-8,10-13H,3-4,9H2,1-2H3;3-4,11-12H2,1-2H3;2*1-4H. The van der Waals surface area contributed by atoms with E-state index in [2.05, 4.69) is 47.7 Å². The molecule has 0 radical (unpaired) electrons. The molecule has 9 aromatic heterocycles. The van der Waals surface area contributed by atoms with E-state index in [1.165, 1.54) is 209 Å². The number of hydrogen-bond donors (Lipinski definition) is 4. The molecule has 0 amide bonds. The molecular weight excluding hydrogens is 2090 g/mol. The van der Waals surface area contributed by atoms with E-state index in [1.807, 2.05) is 0 Å². The van der Waals surface area contributed by atoms with E-state index in [9.17, 15) is 76.7 Å². The number of anilines is 4. The lowest BCUT2D eigenvalue weighted by Gasteiger charge is -2.09. The zero-order chi connectivity index (χ0) is 110. The molecule has 9 heterocycles. The van der Waals surface area contributed by atoms with Crippen LogP contribution >= 0.6 is 102 Å². The average molecular weight is 2230 g/mol. The van der Waals surface area contributed by atoms with Gasteiger partial charge in [-0.15, -0.1) is 68.0 Å². The van der Waals surface area contributed by atoms with Gasteiger partial charge in [0, 0.05) is 50.8 Å². The molecule has 32 nitrogen and oxygen atoms in total. The van der Waals surface area contributed by atoms with E-state index in [0.717, 1.165) is 171 Å². The Morgan fingerprint density at radius 2 is 0.407 bits per heavy atom. The zero-order valence-corrected chi connectivity index (χ0v) is 93.8. The second kappa shape index (κ2) is 76.3. The number of carbonyl (C=O) groups excluding carboxylic acids is 16. The maximum atomic E-state index is 13.7. The molecule has 0 aliphatic heterocycles. The van der Waals surface area contributed by atoms with Crippen LogP contribution in [0.25, 0.3) is 0 Å². The molecule has 0 bridgehead atoms. The number of thiophene rings is 9. The third-order valence-corrected chi connectivity index (χ3v) is 30.1. The maximum absolute atomic E-state index is 13.7. The molecule has 10 rings (SSSR count). The second-order valence-electron chi connectivity index (χ2n) is 33.2. The topological polar surface area (TPSA) is 500 Å². The summed E-state index contributed by atoms with van der Waals surface area (Å²) in [6, 6.07) is 20.2. The van der Waals surface area contributed by atoms with Gasteiger partial charge >= 0.3 is 47.8 Å². The predicted octanol–water partition coefficient (Wildman–Crippen LogP) is 27.1. The van der Waals surface area contributed by atoms with E-state index >= 15 is 0 Å². The Morgan fingerprint density at radius 3 is 0.613 bits per heavy atom. The molecule has 0 aromatic carbocycles. The maximum Gasteiger partial charge on any atom is 0.342 e. The normalized spacial score (nSPS) is 11.4. The fourth-order valence-corrected chi connectivity index (χ4v) is 20.9. The third-order valence-electron chi connectivity index (χ3n) is 21.7. The van der Waals surface area contributed by atoms with Crippen molar-refractivity contribution in [2.24, 2.45) is 20.0 Å². The van der Waals surface area contributed by atoms with Crippen molar-refractivity contribution in [1.29, 1.82) is 0 Å². The highest BCUT2D eigenvalue weighted by Gasteiger charge is 2.37. The quantitative estimate of drug-likeness (QED) is 0.00904. The lowest BCUT2D eigenvalue weighted by Crippen LogP contribution is -2.17. The van der Waals surface area contributed by atoms with Crippen molar-refractivity contribution in [3.8, 4) is 0 Å². The minimum absolute atomic E-state index is 0.00521. The van der Waals surface area contributed by atoms with Crippen molar-refractivity contribution in [2.75, 3.05) is 75.8 Å². The molecule has 812 valence electrons. The van der Waals surface area contributed by atoms with Crippen LogP contribution in [0.2, 0.25) is 0 Å². The molecule has 0 atom stereocenters. The summed E-state index contributed by atoms with van der Waals surface area (Å²) in [5, 5.41) is 1.26. The Hall–Kier alpha value is -12.2. The number of carbonyl (C=O) groups is 16. The Balaban J connectivity index is 0.000000344. The smallest absolute Gasteiger partial charge is 0.342 e. The minimum Gasteiger partial charge on any atom is -0.462 e. The molecule has 8 N–H and O–H groups in total. The molecule has 9 aromatic rings. The van der Waals surface area contributed by atoms with Gasteiger partial charge in [0.1, 0.15) is 63.4 Å². The Bertz CT molecular complexity index is 5560. The molecule has 150 heavy (non-hydrogen) atoms. The highest BCUT2D eigenvalue weighted by Crippen LogP contribution is 2.44. The highest BCUT2D eigenvalue weighted by molar-refractivity contribution is 7.22. The van der Waals surface area contributed by atoms with Gasteiger partial charge in [-0.25, -0.2) is 48.3 Å². The molecular formula is C109H138N8O24S9. The second-order valence-corrected chi connectivity index (χ2v) is 43.2. The number of aliphatic imine (C=N–C) groups is 4. The van der Waals surface area contributed by atoms with E-state index in [1.54, 1.807) is 113 Å². The summed E-state index contributed by atoms with van der Waals surface area (Å²) in [5.41, 5.74) is 24.0. The van der Waals surface area contributed by atoms with Crippen molar-refractivity contribution in [1.82, 2.24) is 0 Å². The first-order chi connectivity index (χ1) is 72.8. The van der Waals surface area contributed by atoms with Crippen molar-refractivity contribution in [3.63, 3.8) is 0 Å². The van der Waals surface area contributed by atoms with Gasteiger partial charge in [0.2, 0.25) is 0 Å². The van der Waals surface area contributed by atoms with Gasteiger partial charge in [-0.3, -0.25) is 48.3 Å². The molecule has 0 saturated carbocycles. The van der Waals surface area contributed by atoms with E-state index in [4.69, 9.17) is 60.8 Å². The van der Waals surface area contributed by atoms with Gasteiger partial charge in [-0.1, -0.05) is 241 Å². The average Bonchev–Trinajstić information content (AvgIpc) is 1.62. The Labute approximate surface area is 912 Å². The molecule has 1 aliphatic rings. The SMILES string of the molecule is CCCCCCCCCCOC(=O)c1c(N)sc(N)c1C(=O)OCCCCCCCCCC.CCCCCCCCCCOC(=O)c1c(N=Cc2ccc(C=O)s2)sc(N=Cc2ccc(C=O)s2)c1C(=O)OCCCCCCCCCC.CCOC(=O)C1=C(N=Cc2ccc(C=O)s2)CC(N=Cc2ccc(C=O)s2)=C1C(=O)OCC.CCOC(=O)c1c(N)sc(N)c1C(=O)OCC.O=Cc1ccc(C=O)s1.O=Cc1ccc(C=O)s1. The number of ether oxygens (including phenoxy) is 8. The number of hydrogen-bond acceptors (Lipinski definition) is 41. The fourth-order valence-electron chi connectivity index (χ4n) is 14.2. The van der Waals surface area contributed by atoms with Gasteiger partial charge < -0.3 is 60.8 Å². The summed E-state index contributed by atoms with van der Waals surface area (Å²) in [7, 11) is 0. The van der Waals surface area contributed by atoms with Crippen LogP contribution in [-0.4, -0.2) is 176 Å². The first-order valence-electron chi connectivity index (χ1n) is 50.5. The summed E-state index contributed by atoms with van der Waals surface area (Å²) >= 11 is 10.5. The van der Waals surface area contributed by atoms with Crippen molar-refractivity contribution in [3.05, 3.63) is 187 Å². The lowest BCUT2D eigenvalue weighted by molar-refractivity contribution is -0.142. The number of esters is 8. The Kier molecular flexibility index (Phi) is 65.2. The number of aldehydes is 8. The molecule has 0 saturated heterocycles. The van der Waals surface area contributed by atoms with Crippen molar-refractivity contribution < 1.29 is 115 Å². The number of nitrogens with two attached hydrogens (primary N) is 4. The summed E-state index contributed by atoms with van der Waals surface area (Å²) < 4.78 is 42.2. The molecule has 41 heteroatoms. The summed E-state index contributed by atoms with van der Waals surface area (Å²) in [5.74, 6) is -5.21. The van der Waals surface area contributed by atoms with Crippen LogP contribution < -0.4 is 22.9 Å². The van der Waals surface area contributed by atoms with Crippen LogP contribution in [0.1, 0.15) is 426 Å². The van der Waals surface area contributed by atoms with Gasteiger partial charge in [0.05, 0.1) is 114 Å². The first-order valence-corrected chi connectivity index (χ1v) is 57.9. The molecule has 0 unspecified atom stereocenters. The summed E-state index contributed by atoms with van der Waals surface area (Å²) in [4.78, 5) is 211. The molecule has 1 aliphatic carbocycles. The monoisotopic (exact) mass is 2230 g/mol. The first kappa shape index (κ1) is 128. The Morgan fingerprint density at radius 1 is 0.227 bits per heavy atom. The lowest BCUT2D eigenvalue weighted by atomic mass is 10.1. The number of nitrogens with zero attached hydrogens (tertiary/aromatic N) is 4. The summed E-state index contributed by atoms with van der Waals surface area (Å²) in [6.45, 7) is 17.2. The van der Waals surface area contributed by atoms with Gasteiger partial charge in [-0.2, -0.15) is 0 Å². The van der Waals surface area contributed by atoms with Crippen LogP contribution in [0.15, 0.2) is 115 Å². The summed E-state index contributed by atoms with van der Waals surface area (Å²) in [6.07, 6.45) is 48.6. The van der Waals surface area contributed by atoms with Gasteiger partial charge in [0.25, 0.3) is 0 Å².